The smallest absolute Gasteiger partial charge is 0.239 e. The quantitative estimate of drug-likeness (QED) is 0.685. The summed E-state index contributed by atoms with van der Waals surface area (Å²) in [5.74, 6) is 0.154. The van der Waals surface area contributed by atoms with Crippen molar-refractivity contribution in [3.63, 3.8) is 0 Å². The molecule has 1 atom stereocenters. The van der Waals surface area contributed by atoms with Crippen LogP contribution in [-0.4, -0.2) is 24.9 Å². The van der Waals surface area contributed by atoms with Gasteiger partial charge in [-0.2, -0.15) is 0 Å². The molecule has 5 heteroatoms. The SMILES string of the molecule is CCCC(=O)NCC(=O)NCC(N)c1ccc(C(C)C)cc1. The van der Waals surface area contributed by atoms with E-state index in [4.69, 9.17) is 5.73 Å². The van der Waals surface area contributed by atoms with Crippen molar-refractivity contribution in [1.29, 1.82) is 0 Å². The Morgan fingerprint density at radius 2 is 1.64 bits per heavy atom. The first kappa shape index (κ1) is 18.2. The molecule has 0 aromatic heterocycles. The Labute approximate surface area is 132 Å². The average Bonchev–Trinajstić information content (AvgIpc) is 2.51. The number of hydrogen-bond donors (Lipinski definition) is 3. The molecule has 0 aliphatic rings. The van der Waals surface area contributed by atoms with Crippen LogP contribution in [0.25, 0.3) is 0 Å². The maximum atomic E-state index is 11.6. The molecule has 1 aromatic rings. The van der Waals surface area contributed by atoms with Gasteiger partial charge in [-0.05, 0) is 23.5 Å². The molecule has 2 amide bonds. The minimum absolute atomic E-state index is 0.00214. The van der Waals surface area contributed by atoms with Gasteiger partial charge in [0.15, 0.2) is 0 Å². The number of carbonyl (C=O) groups excluding carboxylic acids is 2. The molecule has 0 bridgehead atoms. The number of nitrogens with one attached hydrogen (secondary N) is 2. The fourth-order valence-corrected chi connectivity index (χ4v) is 2.03. The lowest BCUT2D eigenvalue weighted by Gasteiger charge is -2.15. The third-order valence-corrected chi connectivity index (χ3v) is 3.47. The van der Waals surface area contributed by atoms with Crippen LogP contribution in [0.4, 0.5) is 0 Å². The Kier molecular flexibility index (Phi) is 7.60. The number of rotatable bonds is 8. The third-order valence-electron chi connectivity index (χ3n) is 3.47. The summed E-state index contributed by atoms with van der Waals surface area (Å²) in [6.07, 6.45) is 1.21. The largest absolute Gasteiger partial charge is 0.353 e. The zero-order valence-corrected chi connectivity index (χ0v) is 13.7. The van der Waals surface area contributed by atoms with Crippen LogP contribution in [0.15, 0.2) is 24.3 Å². The molecule has 22 heavy (non-hydrogen) atoms. The van der Waals surface area contributed by atoms with Crippen LogP contribution >= 0.6 is 0 Å². The molecule has 122 valence electrons. The monoisotopic (exact) mass is 305 g/mol. The molecule has 1 unspecified atom stereocenters. The lowest BCUT2D eigenvalue weighted by molar-refractivity contribution is -0.126. The van der Waals surface area contributed by atoms with Gasteiger partial charge in [0.25, 0.3) is 0 Å². The number of amides is 2. The zero-order valence-electron chi connectivity index (χ0n) is 13.7. The maximum absolute atomic E-state index is 11.6. The van der Waals surface area contributed by atoms with Crippen LogP contribution in [0.1, 0.15) is 56.7 Å². The van der Waals surface area contributed by atoms with E-state index in [1.165, 1.54) is 5.56 Å². The van der Waals surface area contributed by atoms with Gasteiger partial charge in [-0.1, -0.05) is 45.0 Å². The van der Waals surface area contributed by atoms with E-state index >= 15 is 0 Å². The van der Waals surface area contributed by atoms with Gasteiger partial charge in [0.1, 0.15) is 0 Å². The van der Waals surface area contributed by atoms with Gasteiger partial charge >= 0.3 is 0 Å². The second-order valence-corrected chi connectivity index (χ2v) is 5.76. The van der Waals surface area contributed by atoms with Crippen LogP contribution in [0, 0.1) is 0 Å². The van der Waals surface area contributed by atoms with Gasteiger partial charge in [0, 0.05) is 19.0 Å². The summed E-state index contributed by atoms with van der Waals surface area (Å²) in [5.41, 5.74) is 8.32. The van der Waals surface area contributed by atoms with Gasteiger partial charge in [-0.15, -0.1) is 0 Å². The molecule has 0 spiro atoms. The summed E-state index contributed by atoms with van der Waals surface area (Å²) in [6.45, 7) is 6.55. The highest BCUT2D eigenvalue weighted by molar-refractivity contribution is 5.84. The second kappa shape index (κ2) is 9.20. The van der Waals surface area contributed by atoms with E-state index in [0.717, 1.165) is 12.0 Å². The van der Waals surface area contributed by atoms with E-state index in [-0.39, 0.29) is 24.4 Å². The molecule has 0 saturated heterocycles. The Bertz CT molecular complexity index is 483. The number of benzene rings is 1. The van der Waals surface area contributed by atoms with E-state index in [1.54, 1.807) is 0 Å². The van der Waals surface area contributed by atoms with Gasteiger partial charge in [0.05, 0.1) is 6.54 Å². The highest BCUT2D eigenvalue weighted by atomic mass is 16.2. The maximum Gasteiger partial charge on any atom is 0.239 e. The molecule has 1 aromatic carbocycles. The van der Waals surface area contributed by atoms with Crippen molar-refractivity contribution in [1.82, 2.24) is 10.6 Å². The van der Waals surface area contributed by atoms with E-state index in [2.05, 4.69) is 36.6 Å². The van der Waals surface area contributed by atoms with Crippen molar-refractivity contribution < 1.29 is 9.59 Å². The van der Waals surface area contributed by atoms with E-state index in [9.17, 15) is 9.59 Å². The lowest BCUT2D eigenvalue weighted by Crippen LogP contribution is -2.39. The van der Waals surface area contributed by atoms with Crippen molar-refractivity contribution in [2.75, 3.05) is 13.1 Å². The molecular weight excluding hydrogens is 278 g/mol. The first-order chi connectivity index (χ1) is 10.4. The Balaban J connectivity index is 2.37. The topological polar surface area (TPSA) is 84.2 Å². The molecule has 0 radical (unpaired) electrons. The van der Waals surface area contributed by atoms with Crippen molar-refractivity contribution in [2.45, 2.75) is 45.6 Å². The van der Waals surface area contributed by atoms with Gasteiger partial charge in [0.2, 0.25) is 11.8 Å². The summed E-state index contributed by atoms with van der Waals surface area (Å²) in [5, 5.41) is 5.31. The molecule has 0 aliphatic heterocycles. The third kappa shape index (κ3) is 6.26. The molecule has 0 aliphatic carbocycles. The van der Waals surface area contributed by atoms with Gasteiger partial charge in [-0.3, -0.25) is 9.59 Å². The number of hydrogen-bond acceptors (Lipinski definition) is 3. The lowest BCUT2D eigenvalue weighted by atomic mass is 9.99. The van der Waals surface area contributed by atoms with Crippen molar-refractivity contribution >= 4 is 11.8 Å². The van der Waals surface area contributed by atoms with Crippen molar-refractivity contribution in [2.24, 2.45) is 5.73 Å². The number of carbonyl (C=O) groups is 2. The predicted octanol–water partition coefficient (Wildman–Crippen LogP) is 1.84. The summed E-state index contributed by atoms with van der Waals surface area (Å²) in [4.78, 5) is 22.9. The minimum atomic E-state index is -0.253. The Morgan fingerprint density at radius 3 is 2.18 bits per heavy atom. The van der Waals surface area contributed by atoms with Crippen LogP contribution in [0.2, 0.25) is 0 Å². The van der Waals surface area contributed by atoms with Crippen LogP contribution in [-0.2, 0) is 9.59 Å². The first-order valence-corrected chi connectivity index (χ1v) is 7.82. The Hall–Kier alpha value is -1.88. The molecule has 5 nitrogen and oxygen atoms in total. The standard InChI is InChI=1S/C17H27N3O2/c1-4-5-16(21)20-11-17(22)19-10-15(18)14-8-6-13(7-9-14)12(2)3/h6-9,12,15H,4-5,10-11,18H2,1-3H3,(H,19,22)(H,20,21). The molecule has 4 N–H and O–H groups in total. The van der Waals surface area contributed by atoms with Crippen molar-refractivity contribution in [3.8, 4) is 0 Å². The van der Waals surface area contributed by atoms with E-state index < -0.39 is 0 Å². The Morgan fingerprint density at radius 1 is 1.05 bits per heavy atom. The van der Waals surface area contributed by atoms with Crippen LogP contribution in [0.5, 0.6) is 0 Å². The first-order valence-electron chi connectivity index (χ1n) is 7.82. The summed E-state index contributed by atoms with van der Waals surface area (Å²) >= 11 is 0. The minimum Gasteiger partial charge on any atom is -0.353 e. The molecule has 1 rings (SSSR count). The second-order valence-electron chi connectivity index (χ2n) is 5.76. The molecule has 0 fully saturated rings. The van der Waals surface area contributed by atoms with Gasteiger partial charge < -0.3 is 16.4 Å². The number of nitrogens with two attached hydrogens (primary N) is 1. The summed E-state index contributed by atoms with van der Waals surface area (Å²) in [6, 6.07) is 7.86. The fourth-order valence-electron chi connectivity index (χ4n) is 2.03. The zero-order chi connectivity index (χ0) is 16.5. The normalized spacial score (nSPS) is 12.0. The van der Waals surface area contributed by atoms with Gasteiger partial charge in [-0.25, -0.2) is 0 Å². The molecule has 0 saturated carbocycles. The predicted molar refractivity (Wildman–Crippen MR) is 88.4 cm³/mol. The highest BCUT2D eigenvalue weighted by Gasteiger charge is 2.09. The average molecular weight is 305 g/mol. The van der Waals surface area contributed by atoms with Crippen LogP contribution < -0.4 is 16.4 Å². The molecule has 0 heterocycles. The fraction of sp³-hybridized carbons (Fsp3) is 0.529. The summed E-state index contributed by atoms with van der Waals surface area (Å²) in [7, 11) is 0. The van der Waals surface area contributed by atoms with Crippen molar-refractivity contribution in [3.05, 3.63) is 35.4 Å². The van der Waals surface area contributed by atoms with E-state index in [1.807, 2.05) is 19.1 Å². The summed E-state index contributed by atoms with van der Waals surface area (Å²) < 4.78 is 0. The highest BCUT2D eigenvalue weighted by Crippen LogP contribution is 2.17. The molecular formula is C17H27N3O2. The van der Waals surface area contributed by atoms with Crippen LogP contribution in [0.3, 0.4) is 0 Å². The van der Waals surface area contributed by atoms with E-state index in [0.29, 0.717) is 18.9 Å².